The predicted octanol–water partition coefficient (Wildman–Crippen LogP) is 2.48. The van der Waals surface area contributed by atoms with Crippen LogP contribution in [0.1, 0.15) is 6.42 Å². The first kappa shape index (κ1) is 23.0. The predicted molar refractivity (Wildman–Crippen MR) is 125 cm³/mol. The average molecular weight is 503 g/mol. The summed E-state index contributed by atoms with van der Waals surface area (Å²) in [5, 5.41) is 15.4. The molecule has 1 aromatic carbocycles. The van der Waals surface area contributed by atoms with Crippen LogP contribution in [0.25, 0.3) is 27.7 Å². The Morgan fingerprint density at radius 3 is 2.86 bits per heavy atom. The Bertz CT molecular complexity index is 1410. The van der Waals surface area contributed by atoms with Gasteiger partial charge in [-0.3, -0.25) is 4.90 Å². The summed E-state index contributed by atoms with van der Waals surface area (Å²) >= 11 is 0. The maximum atomic E-state index is 15.3. The highest BCUT2D eigenvalue weighted by Gasteiger charge is 2.36. The zero-order valence-corrected chi connectivity index (χ0v) is 19.6. The van der Waals surface area contributed by atoms with Crippen molar-refractivity contribution < 1.29 is 22.6 Å². The van der Waals surface area contributed by atoms with Gasteiger partial charge in [0, 0.05) is 13.1 Å². The molecule has 36 heavy (non-hydrogen) atoms. The van der Waals surface area contributed by atoms with Crippen LogP contribution >= 0.6 is 0 Å². The first-order valence-corrected chi connectivity index (χ1v) is 11.8. The molecule has 13 heteroatoms. The van der Waals surface area contributed by atoms with E-state index in [1.54, 1.807) is 18.2 Å². The maximum Gasteiger partial charge on any atom is 0.244 e. The van der Waals surface area contributed by atoms with Crippen molar-refractivity contribution in [1.82, 2.24) is 34.5 Å². The molecule has 4 aromatic rings. The van der Waals surface area contributed by atoms with Gasteiger partial charge in [0.15, 0.2) is 5.82 Å². The summed E-state index contributed by atoms with van der Waals surface area (Å²) < 4.78 is 56.6. The lowest BCUT2D eigenvalue weighted by Crippen LogP contribution is -2.57. The van der Waals surface area contributed by atoms with E-state index in [0.717, 1.165) is 6.54 Å². The summed E-state index contributed by atoms with van der Waals surface area (Å²) in [4.78, 5) is 6.52. The van der Waals surface area contributed by atoms with Gasteiger partial charge >= 0.3 is 0 Å². The zero-order chi connectivity index (χ0) is 24.8. The number of anilines is 1. The van der Waals surface area contributed by atoms with Crippen molar-refractivity contribution in [2.75, 3.05) is 45.4 Å². The number of rotatable bonds is 7. The van der Waals surface area contributed by atoms with E-state index < -0.39 is 24.7 Å². The lowest BCUT2D eigenvalue weighted by molar-refractivity contribution is -0.0794. The second-order valence-electron chi connectivity index (χ2n) is 9.04. The number of hydrogen-bond donors (Lipinski definition) is 1. The Morgan fingerprint density at radius 1 is 1.28 bits per heavy atom. The highest BCUT2D eigenvalue weighted by molar-refractivity contribution is 5.89. The smallest absolute Gasteiger partial charge is 0.244 e. The summed E-state index contributed by atoms with van der Waals surface area (Å²) in [7, 11) is 1.43. The van der Waals surface area contributed by atoms with E-state index in [-0.39, 0.29) is 30.0 Å². The molecule has 3 aromatic heterocycles. The minimum absolute atomic E-state index is 0.0450. The molecule has 0 bridgehead atoms. The molecule has 0 amide bonds. The highest BCUT2D eigenvalue weighted by atomic mass is 19.1. The number of aromatic nitrogens is 6. The third-order valence-corrected chi connectivity index (χ3v) is 6.87. The number of alkyl halides is 2. The number of halogens is 3. The number of piperidine rings is 1. The van der Waals surface area contributed by atoms with Gasteiger partial charge < -0.3 is 14.8 Å². The number of aryl methyl sites for hydroxylation is 1. The number of methoxy groups -OCH3 is 1. The van der Waals surface area contributed by atoms with E-state index in [1.807, 2.05) is 0 Å². The lowest BCUT2D eigenvalue weighted by Gasteiger charge is -2.42. The summed E-state index contributed by atoms with van der Waals surface area (Å²) in [5.74, 6) is -0.251. The number of hydrogen-bond acceptors (Lipinski definition) is 8. The fraction of sp³-hybridized carbons (Fsp3) is 0.478. The molecular formula is C23H25F3N8O2. The molecule has 2 saturated heterocycles. The van der Waals surface area contributed by atoms with E-state index in [1.165, 1.54) is 22.5 Å². The Hall–Kier alpha value is -3.45. The van der Waals surface area contributed by atoms with Gasteiger partial charge in [-0.15, -0.1) is 10.2 Å². The van der Waals surface area contributed by atoms with E-state index in [2.05, 4.69) is 30.6 Å². The third kappa shape index (κ3) is 3.91. The number of ether oxygens (including phenoxy) is 2. The van der Waals surface area contributed by atoms with Crippen molar-refractivity contribution in [3.63, 3.8) is 0 Å². The second-order valence-corrected chi connectivity index (χ2v) is 9.04. The van der Waals surface area contributed by atoms with Crippen LogP contribution in [0.4, 0.5) is 19.1 Å². The average Bonchev–Trinajstić information content (AvgIpc) is 3.39. The van der Waals surface area contributed by atoms with Gasteiger partial charge in [0.2, 0.25) is 11.8 Å². The molecule has 0 radical (unpaired) electrons. The Balaban J connectivity index is 1.32. The fourth-order valence-corrected chi connectivity index (χ4v) is 4.89. The fourth-order valence-electron chi connectivity index (χ4n) is 4.89. The molecule has 2 atom stereocenters. The van der Waals surface area contributed by atoms with E-state index in [9.17, 15) is 8.78 Å². The molecule has 2 fully saturated rings. The molecule has 0 saturated carbocycles. The van der Waals surface area contributed by atoms with Crippen LogP contribution in [0, 0.1) is 5.82 Å². The minimum atomic E-state index is -1.11. The van der Waals surface area contributed by atoms with E-state index >= 15 is 4.39 Å². The van der Waals surface area contributed by atoms with Gasteiger partial charge in [-0.25, -0.2) is 22.4 Å². The summed E-state index contributed by atoms with van der Waals surface area (Å²) in [5.41, 5.74) is 2.22. The molecule has 6 rings (SSSR count). The van der Waals surface area contributed by atoms with Gasteiger partial charge in [-0.1, -0.05) is 11.3 Å². The molecule has 5 heterocycles. The maximum absolute atomic E-state index is 15.3. The Kier molecular flexibility index (Phi) is 5.88. The van der Waals surface area contributed by atoms with Crippen LogP contribution in [-0.4, -0.2) is 92.8 Å². The number of nitrogens with zero attached hydrogens (tertiary/aromatic N) is 7. The van der Waals surface area contributed by atoms with Gasteiger partial charge in [0.25, 0.3) is 0 Å². The van der Waals surface area contributed by atoms with Gasteiger partial charge in [0.1, 0.15) is 23.9 Å². The van der Waals surface area contributed by atoms with Crippen molar-refractivity contribution in [3.8, 4) is 17.0 Å². The molecule has 2 aliphatic rings. The molecule has 0 spiro atoms. The van der Waals surface area contributed by atoms with Crippen LogP contribution in [0.5, 0.6) is 5.88 Å². The zero-order valence-electron chi connectivity index (χ0n) is 19.6. The first-order chi connectivity index (χ1) is 17.6. The monoisotopic (exact) mass is 502 g/mol. The quantitative estimate of drug-likeness (QED) is 0.412. The summed E-state index contributed by atoms with van der Waals surface area (Å²) in [6.07, 6.45) is 0.692. The summed E-state index contributed by atoms with van der Waals surface area (Å²) in [6.45, 7) is 1.78. The van der Waals surface area contributed by atoms with Gasteiger partial charge in [-0.2, -0.15) is 4.98 Å². The summed E-state index contributed by atoms with van der Waals surface area (Å²) in [6, 6.07) is 4.90. The van der Waals surface area contributed by atoms with Crippen LogP contribution in [0.15, 0.2) is 24.4 Å². The molecule has 190 valence electrons. The number of nitrogens with one attached hydrogen (secondary N) is 1. The normalized spacial score (nSPS) is 21.2. The lowest BCUT2D eigenvalue weighted by atomic mass is 10.0. The molecular weight excluding hydrogens is 477 g/mol. The van der Waals surface area contributed by atoms with Crippen molar-refractivity contribution in [2.24, 2.45) is 0 Å². The third-order valence-electron chi connectivity index (χ3n) is 6.87. The second kappa shape index (κ2) is 9.21. The van der Waals surface area contributed by atoms with Crippen LogP contribution in [0.3, 0.4) is 0 Å². The highest BCUT2D eigenvalue weighted by Crippen LogP contribution is 2.35. The molecule has 0 aliphatic carbocycles. The Labute approximate surface area is 204 Å². The Morgan fingerprint density at radius 2 is 2.14 bits per heavy atom. The molecule has 2 aliphatic heterocycles. The van der Waals surface area contributed by atoms with Crippen LogP contribution in [-0.2, 0) is 11.3 Å². The first-order valence-electron chi connectivity index (χ1n) is 11.8. The van der Waals surface area contributed by atoms with E-state index in [0.29, 0.717) is 48.3 Å². The number of likely N-dealkylation sites (tertiary alicyclic amines) is 1. The standard InChI is InChI=1S/C23H25F3N8O2/c1-35-22-21-20(13-2-3-18-19(8-13)33(7-5-24)31-29-18)16(26)10-34(21)30-23(28-22)27-17-4-6-32(9-15(17)25)14-11-36-12-14/h2-3,8,10,14-15,17H,4-7,9,11-12H2,1H3,(H,27,30)/t15-,17-/m1/s1. The topological polar surface area (TPSA) is 94.6 Å². The van der Waals surface area contributed by atoms with Gasteiger partial charge in [0.05, 0.1) is 56.2 Å². The van der Waals surface area contributed by atoms with Crippen molar-refractivity contribution >= 4 is 22.5 Å². The van der Waals surface area contributed by atoms with Crippen molar-refractivity contribution in [2.45, 2.75) is 31.2 Å². The largest absolute Gasteiger partial charge is 0.479 e. The molecule has 10 nitrogen and oxygen atoms in total. The van der Waals surface area contributed by atoms with Gasteiger partial charge in [-0.05, 0) is 24.1 Å². The molecule has 1 N–H and O–H groups in total. The van der Waals surface area contributed by atoms with Crippen LogP contribution in [0.2, 0.25) is 0 Å². The number of fused-ring (bicyclic) bond motifs is 2. The van der Waals surface area contributed by atoms with Crippen LogP contribution < -0.4 is 10.1 Å². The minimum Gasteiger partial charge on any atom is -0.479 e. The van der Waals surface area contributed by atoms with E-state index in [4.69, 9.17) is 9.47 Å². The van der Waals surface area contributed by atoms with Crippen molar-refractivity contribution in [3.05, 3.63) is 30.2 Å². The SMILES string of the molecule is COc1nc(N[C@@H]2CCN(C3COC3)C[C@H]2F)nn2cc(F)c(-c3ccc4nnn(CCF)c4c3)c12. The molecule has 0 unspecified atom stereocenters. The van der Waals surface area contributed by atoms with Crippen molar-refractivity contribution in [1.29, 1.82) is 0 Å². The number of benzene rings is 1.